The maximum absolute atomic E-state index is 8.79. The standard InChI is InChI=1S/C14H28N2O/c17-10-4-8-15-14-7-3-9-16(12-14)11-13-5-1-2-6-13/h13-15,17H,1-12H2. The molecule has 0 radical (unpaired) electrons. The van der Waals surface area contributed by atoms with Crippen LogP contribution in [-0.2, 0) is 0 Å². The molecule has 2 fully saturated rings. The van der Waals surface area contributed by atoms with Crippen LogP contribution in [0.4, 0.5) is 0 Å². The summed E-state index contributed by atoms with van der Waals surface area (Å²) in [5, 5.41) is 12.4. The van der Waals surface area contributed by atoms with Crippen molar-refractivity contribution in [3.63, 3.8) is 0 Å². The zero-order chi connectivity index (χ0) is 11.9. The van der Waals surface area contributed by atoms with Gasteiger partial charge in [-0.1, -0.05) is 12.8 Å². The van der Waals surface area contributed by atoms with Crippen molar-refractivity contribution in [2.24, 2.45) is 5.92 Å². The summed E-state index contributed by atoms with van der Waals surface area (Å²) < 4.78 is 0. The molecule has 1 saturated carbocycles. The normalized spacial score (nSPS) is 27.7. The first-order valence-electron chi connectivity index (χ1n) is 7.45. The Balaban J connectivity index is 1.65. The molecule has 1 atom stereocenters. The summed E-state index contributed by atoms with van der Waals surface area (Å²) in [5.41, 5.74) is 0. The minimum absolute atomic E-state index is 0.311. The number of nitrogens with one attached hydrogen (secondary N) is 1. The molecule has 1 saturated heterocycles. The van der Waals surface area contributed by atoms with Gasteiger partial charge in [-0.15, -0.1) is 0 Å². The van der Waals surface area contributed by atoms with Gasteiger partial charge in [0.1, 0.15) is 0 Å². The van der Waals surface area contributed by atoms with Crippen molar-refractivity contribution in [1.29, 1.82) is 0 Å². The number of aliphatic hydroxyl groups is 1. The van der Waals surface area contributed by atoms with Crippen LogP contribution in [0.3, 0.4) is 0 Å². The van der Waals surface area contributed by atoms with Crippen LogP contribution in [0.5, 0.6) is 0 Å². The van der Waals surface area contributed by atoms with Crippen LogP contribution < -0.4 is 5.32 Å². The fourth-order valence-corrected chi connectivity index (χ4v) is 3.33. The van der Waals surface area contributed by atoms with Gasteiger partial charge in [0, 0.05) is 25.7 Å². The lowest BCUT2D eigenvalue weighted by atomic mass is 10.0. The number of nitrogens with zero attached hydrogens (tertiary/aromatic N) is 1. The van der Waals surface area contributed by atoms with E-state index in [1.807, 2.05) is 0 Å². The van der Waals surface area contributed by atoms with Crippen LogP contribution in [-0.4, -0.2) is 48.8 Å². The van der Waals surface area contributed by atoms with Gasteiger partial charge >= 0.3 is 0 Å². The van der Waals surface area contributed by atoms with Gasteiger partial charge in [0.15, 0.2) is 0 Å². The zero-order valence-corrected chi connectivity index (χ0v) is 11.0. The first-order chi connectivity index (χ1) is 8.38. The molecule has 1 unspecified atom stereocenters. The average molecular weight is 240 g/mol. The number of piperidine rings is 1. The summed E-state index contributed by atoms with van der Waals surface area (Å²) in [6.45, 7) is 5.14. The Morgan fingerprint density at radius 2 is 1.94 bits per heavy atom. The minimum atomic E-state index is 0.311. The monoisotopic (exact) mass is 240 g/mol. The van der Waals surface area contributed by atoms with Crippen LogP contribution in [0.2, 0.25) is 0 Å². The van der Waals surface area contributed by atoms with E-state index in [4.69, 9.17) is 5.11 Å². The lowest BCUT2D eigenvalue weighted by Gasteiger charge is -2.34. The van der Waals surface area contributed by atoms with Crippen LogP contribution in [0, 0.1) is 5.92 Å². The van der Waals surface area contributed by atoms with E-state index < -0.39 is 0 Å². The summed E-state index contributed by atoms with van der Waals surface area (Å²) in [5.74, 6) is 0.978. The highest BCUT2D eigenvalue weighted by atomic mass is 16.3. The third kappa shape index (κ3) is 4.57. The second kappa shape index (κ2) is 7.34. The zero-order valence-electron chi connectivity index (χ0n) is 11.0. The Morgan fingerprint density at radius 3 is 2.71 bits per heavy atom. The van der Waals surface area contributed by atoms with Crippen LogP contribution in [0.1, 0.15) is 44.9 Å². The van der Waals surface area contributed by atoms with Gasteiger partial charge in [0.25, 0.3) is 0 Å². The molecule has 2 N–H and O–H groups in total. The first kappa shape index (κ1) is 13.3. The average Bonchev–Trinajstić information content (AvgIpc) is 2.83. The number of hydrogen-bond acceptors (Lipinski definition) is 3. The number of rotatable bonds is 6. The second-order valence-corrected chi connectivity index (χ2v) is 5.78. The molecule has 0 spiro atoms. The molecule has 17 heavy (non-hydrogen) atoms. The molecule has 0 amide bonds. The van der Waals surface area contributed by atoms with E-state index in [0.717, 1.165) is 18.9 Å². The largest absolute Gasteiger partial charge is 0.396 e. The fraction of sp³-hybridized carbons (Fsp3) is 1.00. The highest BCUT2D eigenvalue weighted by molar-refractivity contribution is 4.80. The molecule has 1 aliphatic carbocycles. The van der Waals surface area contributed by atoms with Gasteiger partial charge in [0.2, 0.25) is 0 Å². The van der Waals surface area contributed by atoms with Crippen LogP contribution >= 0.6 is 0 Å². The van der Waals surface area contributed by atoms with E-state index in [9.17, 15) is 0 Å². The summed E-state index contributed by atoms with van der Waals surface area (Å²) >= 11 is 0. The minimum Gasteiger partial charge on any atom is -0.396 e. The quantitative estimate of drug-likeness (QED) is 0.693. The van der Waals surface area contributed by atoms with E-state index in [0.29, 0.717) is 12.6 Å². The summed E-state index contributed by atoms with van der Waals surface area (Å²) in [7, 11) is 0. The van der Waals surface area contributed by atoms with Crippen molar-refractivity contribution in [3.8, 4) is 0 Å². The van der Waals surface area contributed by atoms with Crippen LogP contribution in [0.15, 0.2) is 0 Å². The van der Waals surface area contributed by atoms with Crippen LogP contribution in [0.25, 0.3) is 0 Å². The maximum atomic E-state index is 8.79. The van der Waals surface area contributed by atoms with Crippen molar-refractivity contribution in [2.45, 2.75) is 51.0 Å². The fourth-order valence-electron chi connectivity index (χ4n) is 3.33. The number of aliphatic hydroxyl groups excluding tert-OH is 1. The topological polar surface area (TPSA) is 35.5 Å². The van der Waals surface area contributed by atoms with E-state index in [-0.39, 0.29) is 0 Å². The second-order valence-electron chi connectivity index (χ2n) is 5.78. The molecule has 0 aromatic heterocycles. The predicted molar refractivity (Wildman–Crippen MR) is 71.1 cm³/mol. The van der Waals surface area contributed by atoms with Crippen molar-refractivity contribution >= 4 is 0 Å². The van der Waals surface area contributed by atoms with E-state index in [1.54, 1.807) is 0 Å². The molecule has 1 aliphatic heterocycles. The lowest BCUT2D eigenvalue weighted by Crippen LogP contribution is -2.47. The molecular formula is C14H28N2O. The third-order valence-corrected chi connectivity index (χ3v) is 4.26. The Morgan fingerprint density at radius 1 is 1.12 bits per heavy atom. The summed E-state index contributed by atoms with van der Waals surface area (Å²) in [4.78, 5) is 2.66. The molecule has 2 aliphatic rings. The smallest absolute Gasteiger partial charge is 0.0443 e. The third-order valence-electron chi connectivity index (χ3n) is 4.26. The van der Waals surface area contributed by atoms with E-state index in [2.05, 4.69) is 10.2 Å². The Kier molecular flexibility index (Phi) is 5.75. The van der Waals surface area contributed by atoms with Gasteiger partial charge in [0.05, 0.1) is 0 Å². The molecule has 0 aromatic rings. The van der Waals surface area contributed by atoms with Crippen molar-refractivity contribution in [3.05, 3.63) is 0 Å². The molecular weight excluding hydrogens is 212 g/mol. The van der Waals surface area contributed by atoms with Gasteiger partial charge in [-0.25, -0.2) is 0 Å². The molecule has 1 heterocycles. The molecule has 0 aromatic carbocycles. The molecule has 100 valence electrons. The highest BCUT2D eigenvalue weighted by Crippen LogP contribution is 2.26. The predicted octanol–water partition coefficient (Wildman–Crippen LogP) is 1.61. The summed E-state index contributed by atoms with van der Waals surface area (Å²) in [6, 6.07) is 0.664. The van der Waals surface area contributed by atoms with Crippen molar-refractivity contribution in [2.75, 3.05) is 32.8 Å². The number of hydrogen-bond donors (Lipinski definition) is 2. The van der Waals surface area contributed by atoms with Gasteiger partial charge in [-0.3, -0.25) is 0 Å². The highest BCUT2D eigenvalue weighted by Gasteiger charge is 2.23. The Hall–Kier alpha value is -0.120. The van der Waals surface area contributed by atoms with Crippen molar-refractivity contribution in [1.82, 2.24) is 10.2 Å². The molecule has 2 rings (SSSR count). The van der Waals surface area contributed by atoms with E-state index >= 15 is 0 Å². The Bertz CT molecular complexity index is 204. The van der Waals surface area contributed by atoms with Gasteiger partial charge in [-0.05, 0) is 51.1 Å². The molecule has 3 nitrogen and oxygen atoms in total. The SMILES string of the molecule is OCCCNC1CCCN(CC2CCCC2)C1. The summed E-state index contributed by atoms with van der Waals surface area (Å²) in [6.07, 6.45) is 9.36. The molecule has 0 bridgehead atoms. The Labute approximate surface area is 106 Å². The first-order valence-corrected chi connectivity index (χ1v) is 7.45. The van der Waals surface area contributed by atoms with E-state index in [1.165, 1.54) is 58.2 Å². The maximum Gasteiger partial charge on any atom is 0.0443 e. The lowest BCUT2D eigenvalue weighted by molar-refractivity contribution is 0.164. The van der Waals surface area contributed by atoms with Crippen molar-refractivity contribution < 1.29 is 5.11 Å². The molecule has 3 heteroatoms. The van der Waals surface area contributed by atoms with Gasteiger partial charge in [-0.2, -0.15) is 0 Å². The number of likely N-dealkylation sites (tertiary alicyclic amines) is 1. The van der Waals surface area contributed by atoms with Gasteiger partial charge < -0.3 is 15.3 Å².